The lowest BCUT2D eigenvalue weighted by Gasteiger charge is -2.19. The average molecular weight is 278 g/mol. The summed E-state index contributed by atoms with van der Waals surface area (Å²) >= 11 is 0. The molecule has 1 aromatic heterocycles. The number of carbonyl (C=O) groups is 1. The number of hydrogen-bond acceptors (Lipinski definition) is 4. The maximum atomic E-state index is 11.2. The molecule has 2 heterocycles. The number of pyridine rings is 1. The van der Waals surface area contributed by atoms with E-state index in [9.17, 15) is 9.90 Å². The van der Waals surface area contributed by atoms with Crippen molar-refractivity contribution in [3.05, 3.63) is 23.4 Å². The summed E-state index contributed by atoms with van der Waals surface area (Å²) in [5.41, 5.74) is 1.15. The second-order valence-electron chi connectivity index (χ2n) is 5.37. The summed E-state index contributed by atoms with van der Waals surface area (Å²) in [4.78, 5) is 17.9. The summed E-state index contributed by atoms with van der Waals surface area (Å²) in [7, 11) is 0. The molecule has 0 spiro atoms. The van der Waals surface area contributed by atoms with Crippen molar-refractivity contribution in [2.75, 3.05) is 24.6 Å². The Hall–Kier alpha value is -1.62. The van der Waals surface area contributed by atoms with E-state index in [4.69, 9.17) is 5.11 Å². The predicted molar refractivity (Wildman–Crippen MR) is 77.2 cm³/mol. The van der Waals surface area contributed by atoms with E-state index in [0.717, 1.165) is 50.3 Å². The number of nitrogens with zero attached hydrogens (tertiary/aromatic N) is 2. The molecule has 2 rings (SSSR count). The Morgan fingerprint density at radius 3 is 2.95 bits per heavy atom. The highest BCUT2D eigenvalue weighted by atomic mass is 16.4. The third-order valence-corrected chi connectivity index (χ3v) is 3.77. The van der Waals surface area contributed by atoms with Crippen LogP contribution in [0.1, 0.15) is 42.2 Å². The van der Waals surface area contributed by atoms with Gasteiger partial charge in [-0.05, 0) is 37.3 Å². The fraction of sp³-hybridized carbons (Fsp3) is 0.600. The number of carboxylic acids is 1. The molecule has 0 saturated carbocycles. The molecule has 5 heteroatoms. The summed E-state index contributed by atoms with van der Waals surface area (Å²) in [5.74, 6) is 0.329. The first-order chi connectivity index (χ1) is 9.63. The Balaban J connectivity index is 2.20. The maximum Gasteiger partial charge on any atom is 0.335 e. The maximum absolute atomic E-state index is 11.2. The number of aliphatic hydroxyl groups is 1. The van der Waals surface area contributed by atoms with Crippen LogP contribution < -0.4 is 4.90 Å². The van der Waals surface area contributed by atoms with Gasteiger partial charge in [-0.2, -0.15) is 0 Å². The van der Waals surface area contributed by atoms with Crippen LogP contribution in [-0.4, -0.2) is 40.9 Å². The topological polar surface area (TPSA) is 73.7 Å². The lowest BCUT2D eigenvalue weighted by Crippen LogP contribution is -2.22. The monoisotopic (exact) mass is 278 g/mol. The number of aromatic carboxylic acids is 1. The van der Waals surface area contributed by atoms with Crippen LogP contribution in [0.4, 0.5) is 5.82 Å². The zero-order valence-corrected chi connectivity index (χ0v) is 11.9. The molecule has 110 valence electrons. The van der Waals surface area contributed by atoms with E-state index >= 15 is 0 Å². The minimum absolute atomic E-state index is 0.211. The van der Waals surface area contributed by atoms with Gasteiger partial charge in [-0.25, -0.2) is 9.78 Å². The van der Waals surface area contributed by atoms with E-state index in [1.54, 1.807) is 12.1 Å². The smallest absolute Gasteiger partial charge is 0.335 e. The molecule has 1 aromatic rings. The molecule has 1 aliphatic rings. The van der Waals surface area contributed by atoms with Gasteiger partial charge in [0.2, 0.25) is 0 Å². The molecule has 0 radical (unpaired) electrons. The molecule has 0 bridgehead atoms. The van der Waals surface area contributed by atoms with Gasteiger partial charge in [-0.1, -0.05) is 13.3 Å². The number of aryl methyl sites for hydroxylation is 1. The minimum Gasteiger partial charge on any atom is -0.478 e. The van der Waals surface area contributed by atoms with Crippen LogP contribution in [0.15, 0.2) is 12.1 Å². The average Bonchev–Trinajstić information content (AvgIpc) is 2.88. The van der Waals surface area contributed by atoms with E-state index in [0.29, 0.717) is 11.5 Å². The number of rotatable bonds is 6. The summed E-state index contributed by atoms with van der Waals surface area (Å²) in [5, 5.41) is 18.2. The highest BCUT2D eigenvalue weighted by molar-refractivity contribution is 5.88. The third kappa shape index (κ3) is 3.48. The molecular formula is C15H22N2O3. The summed E-state index contributed by atoms with van der Waals surface area (Å²) in [6.07, 6.45) is 3.57. The van der Waals surface area contributed by atoms with Crippen LogP contribution in [0.25, 0.3) is 0 Å². The van der Waals surface area contributed by atoms with Crippen molar-refractivity contribution in [1.29, 1.82) is 0 Å². The van der Waals surface area contributed by atoms with Gasteiger partial charge in [0.1, 0.15) is 5.82 Å². The molecular weight excluding hydrogens is 256 g/mol. The molecule has 1 atom stereocenters. The Kier molecular flexibility index (Phi) is 4.95. The van der Waals surface area contributed by atoms with Gasteiger partial charge in [0, 0.05) is 25.4 Å². The van der Waals surface area contributed by atoms with Crippen molar-refractivity contribution in [2.45, 2.75) is 32.6 Å². The standard InChI is InChI=1S/C15H22N2O3/c1-2-3-13-8-12(15(19)20)9-14(16-13)17-6-4-11(10-17)5-7-18/h8-9,11,18H,2-7,10H2,1H3,(H,19,20). The van der Waals surface area contributed by atoms with Crippen LogP contribution in [0, 0.1) is 5.92 Å². The van der Waals surface area contributed by atoms with Gasteiger partial charge in [0.25, 0.3) is 0 Å². The third-order valence-electron chi connectivity index (χ3n) is 3.77. The Bertz CT molecular complexity index is 476. The fourth-order valence-corrected chi connectivity index (χ4v) is 2.70. The van der Waals surface area contributed by atoms with Crippen molar-refractivity contribution in [3.8, 4) is 0 Å². The lowest BCUT2D eigenvalue weighted by molar-refractivity contribution is 0.0696. The molecule has 1 saturated heterocycles. The van der Waals surface area contributed by atoms with Crippen molar-refractivity contribution >= 4 is 11.8 Å². The molecule has 0 amide bonds. The first-order valence-electron chi connectivity index (χ1n) is 7.24. The van der Waals surface area contributed by atoms with Crippen LogP contribution in [0.3, 0.4) is 0 Å². The highest BCUT2D eigenvalue weighted by Crippen LogP contribution is 2.25. The SMILES string of the molecule is CCCc1cc(C(=O)O)cc(N2CCC(CCO)C2)n1. The quantitative estimate of drug-likeness (QED) is 0.832. The number of aromatic nitrogens is 1. The summed E-state index contributed by atoms with van der Waals surface area (Å²) < 4.78 is 0. The molecule has 1 fully saturated rings. The van der Waals surface area contributed by atoms with Crippen LogP contribution in [-0.2, 0) is 6.42 Å². The second kappa shape index (κ2) is 6.70. The van der Waals surface area contributed by atoms with Crippen molar-refractivity contribution in [3.63, 3.8) is 0 Å². The number of carboxylic acid groups (broad SMARTS) is 1. The number of hydrogen-bond donors (Lipinski definition) is 2. The minimum atomic E-state index is -0.905. The molecule has 1 unspecified atom stereocenters. The number of anilines is 1. The molecule has 5 nitrogen and oxygen atoms in total. The normalized spacial score (nSPS) is 18.5. The van der Waals surface area contributed by atoms with Gasteiger partial charge >= 0.3 is 5.97 Å². The van der Waals surface area contributed by atoms with Gasteiger partial charge in [-0.15, -0.1) is 0 Å². The van der Waals surface area contributed by atoms with Gasteiger partial charge in [0.05, 0.1) is 5.56 Å². The van der Waals surface area contributed by atoms with Crippen molar-refractivity contribution in [1.82, 2.24) is 4.98 Å². The Morgan fingerprint density at radius 1 is 1.50 bits per heavy atom. The van der Waals surface area contributed by atoms with Gasteiger partial charge in [0.15, 0.2) is 0 Å². The lowest BCUT2D eigenvalue weighted by atomic mass is 10.1. The van der Waals surface area contributed by atoms with Crippen molar-refractivity contribution in [2.24, 2.45) is 5.92 Å². The van der Waals surface area contributed by atoms with E-state index in [1.807, 2.05) is 0 Å². The molecule has 20 heavy (non-hydrogen) atoms. The van der Waals surface area contributed by atoms with Crippen LogP contribution >= 0.6 is 0 Å². The second-order valence-corrected chi connectivity index (χ2v) is 5.37. The van der Waals surface area contributed by atoms with E-state index < -0.39 is 5.97 Å². The Morgan fingerprint density at radius 2 is 2.30 bits per heavy atom. The summed E-state index contributed by atoms with van der Waals surface area (Å²) in [6, 6.07) is 3.32. The van der Waals surface area contributed by atoms with Crippen molar-refractivity contribution < 1.29 is 15.0 Å². The molecule has 2 N–H and O–H groups in total. The molecule has 1 aliphatic heterocycles. The predicted octanol–water partition coefficient (Wildman–Crippen LogP) is 1.94. The van der Waals surface area contributed by atoms with E-state index in [-0.39, 0.29) is 6.61 Å². The van der Waals surface area contributed by atoms with Crippen LogP contribution in [0.2, 0.25) is 0 Å². The first kappa shape index (κ1) is 14.8. The molecule has 0 aromatic carbocycles. The Labute approximate surface area is 119 Å². The first-order valence-corrected chi connectivity index (χ1v) is 7.24. The fourth-order valence-electron chi connectivity index (χ4n) is 2.70. The zero-order chi connectivity index (χ0) is 14.5. The van der Waals surface area contributed by atoms with Crippen LogP contribution in [0.5, 0.6) is 0 Å². The highest BCUT2D eigenvalue weighted by Gasteiger charge is 2.24. The molecule has 0 aliphatic carbocycles. The zero-order valence-electron chi connectivity index (χ0n) is 11.9. The van der Waals surface area contributed by atoms with E-state index in [2.05, 4.69) is 16.8 Å². The van der Waals surface area contributed by atoms with E-state index in [1.165, 1.54) is 0 Å². The summed E-state index contributed by atoms with van der Waals surface area (Å²) in [6.45, 7) is 4.00. The largest absolute Gasteiger partial charge is 0.478 e. The number of aliphatic hydroxyl groups excluding tert-OH is 1. The van der Waals surface area contributed by atoms with Gasteiger partial charge in [-0.3, -0.25) is 0 Å². The van der Waals surface area contributed by atoms with Gasteiger partial charge < -0.3 is 15.1 Å².